The molecule has 194 valence electrons. The van der Waals surface area contributed by atoms with E-state index in [9.17, 15) is 19.5 Å². The molecule has 37 heavy (non-hydrogen) atoms. The summed E-state index contributed by atoms with van der Waals surface area (Å²) < 4.78 is 8.38. The Hall–Kier alpha value is -3.57. The van der Waals surface area contributed by atoms with Gasteiger partial charge >= 0.3 is 0 Å². The van der Waals surface area contributed by atoms with Gasteiger partial charge in [0.25, 0.3) is 5.91 Å². The van der Waals surface area contributed by atoms with Crippen LogP contribution in [0.5, 0.6) is 0 Å². The number of benzene rings is 1. The van der Waals surface area contributed by atoms with E-state index in [4.69, 9.17) is 4.74 Å². The Bertz CT molecular complexity index is 1340. The summed E-state index contributed by atoms with van der Waals surface area (Å²) in [4.78, 5) is 46.5. The number of aromatic nitrogens is 3. The molecule has 3 amide bonds. The summed E-state index contributed by atoms with van der Waals surface area (Å²) in [6.07, 6.45) is 7.71. The molecule has 11 heteroatoms. The van der Waals surface area contributed by atoms with Gasteiger partial charge < -0.3 is 24.5 Å². The van der Waals surface area contributed by atoms with Crippen LogP contribution in [0.15, 0.2) is 48.6 Å². The summed E-state index contributed by atoms with van der Waals surface area (Å²) in [6, 6.07) is 6.53. The summed E-state index contributed by atoms with van der Waals surface area (Å²) in [5.74, 6) is -2.39. The van der Waals surface area contributed by atoms with Crippen LogP contribution in [-0.2, 0) is 25.8 Å². The topological polar surface area (TPSA) is 121 Å². The molecule has 0 aliphatic carbocycles. The largest absolute Gasteiger partial charge is 0.396 e. The molecule has 1 aromatic carbocycles. The quantitative estimate of drug-likeness (QED) is 0.574. The number of hydrogen-bond acceptors (Lipinski definition) is 7. The predicted molar refractivity (Wildman–Crippen MR) is 132 cm³/mol. The minimum absolute atomic E-state index is 0.126. The Labute approximate surface area is 213 Å². The second-order valence-corrected chi connectivity index (χ2v) is 10.4. The van der Waals surface area contributed by atoms with Crippen molar-refractivity contribution in [3.8, 4) is 0 Å². The van der Waals surface area contributed by atoms with Crippen molar-refractivity contribution < 1.29 is 24.2 Å². The third-order valence-corrected chi connectivity index (χ3v) is 8.12. The lowest BCUT2D eigenvalue weighted by atomic mass is 9.74. The number of carbonyl (C=O) groups excluding carboxylic acids is 3. The van der Waals surface area contributed by atoms with E-state index < -0.39 is 29.1 Å². The molecule has 0 saturated carbocycles. The molecule has 1 unspecified atom stereocenters. The van der Waals surface area contributed by atoms with Crippen LogP contribution in [0.2, 0.25) is 0 Å². The fourth-order valence-electron chi connectivity index (χ4n) is 6.48. The lowest BCUT2D eigenvalue weighted by Gasteiger charge is -2.37. The van der Waals surface area contributed by atoms with Gasteiger partial charge in [0.15, 0.2) is 0 Å². The number of aliphatic hydroxyl groups excluding tert-OH is 1. The van der Waals surface area contributed by atoms with Crippen LogP contribution < -0.4 is 0 Å². The zero-order chi connectivity index (χ0) is 25.9. The van der Waals surface area contributed by atoms with Crippen molar-refractivity contribution in [2.75, 3.05) is 33.3 Å². The second kappa shape index (κ2) is 8.49. The summed E-state index contributed by atoms with van der Waals surface area (Å²) in [5.41, 5.74) is -0.827. The molecule has 1 spiro atoms. The molecule has 5 heterocycles. The Morgan fingerprint density at radius 3 is 2.65 bits per heavy atom. The fraction of sp³-hybridized carbons (Fsp3) is 0.500. The SMILES string of the molecule is CN1CC=C[C@]2(C)O[C@]34C=CCN(Cn5nnc6ccccc65)C(=O)C3N(CCCO)C(=O)[C@@H]4[C@@H]2C1=O. The summed E-state index contributed by atoms with van der Waals surface area (Å²) in [7, 11) is 1.71. The van der Waals surface area contributed by atoms with E-state index in [1.165, 1.54) is 4.90 Å². The van der Waals surface area contributed by atoms with Gasteiger partial charge in [-0.2, -0.15) is 0 Å². The molecular weight excluding hydrogens is 476 g/mol. The maximum atomic E-state index is 14.2. The highest BCUT2D eigenvalue weighted by molar-refractivity contribution is 6.00. The normalized spacial score (nSPS) is 33.1. The molecule has 2 aromatic rings. The lowest BCUT2D eigenvalue weighted by molar-refractivity contribution is -0.153. The lowest BCUT2D eigenvalue weighted by Crippen LogP contribution is -2.56. The van der Waals surface area contributed by atoms with Crippen LogP contribution in [0.25, 0.3) is 11.0 Å². The number of rotatable bonds is 5. The van der Waals surface area contributed by atoms with Crippen LogP contribution in [0.3, 0.4) is 0 Å². The maximum Gasteiger partial charge on any atom is 0.250 e. The summed E-state index contributed by atoms with van der Waals surface area (Å²) in [5, 5.41) is 18.0. The third kappa shape index (κ3) is 3.37. The van der Waals surface area contributed by atoms with E-state index in [0.29, 0.717) is 13.0 Å². The number of likely N-dealkylation sites (tertiary alicyclic amines) is 1. The molecule has 5 atom stereocenters. The fourth-order valence-corrected chi connectivity index (χ4v) is 6.48. The molecule has 1 aromatic heterocycles. The molecule has 0 radical (unpaired) electrons. The zero-order valence-electron chi connectivity index (χ0n) is 20.9. The Morgan fingerprint density at radius 1 is 1.05 bits per heavy atom. The van der Waals surface area contributed by atoms with E-state index in [1.807, 2.05) is 55.5 Å². The average molecular weight is 507 g/mol. The highest BCUT2D eigenvalue weighted by Crippen LogP contribution is 2.57. The highest BCUT2D eigenvalue weighted by Gasteiger charge is 2.74. The van der Waals surface area contributed by atoms with Crippen LogP contribution in [0, 0.1) is 11.8 Å². The number of fused-ring (bicyclic) bond motifs is 3. The van der Waals surface area contributed by atoms with E-state index in [0.717, 1.165) is 11.0 Å². The van der Waals surface area contributed by atoms with Gasteiger partial charge in [0.2, 0.25) is 11.8 Å². The standard InChI is InChI=1S/C26H30N6O5/c1-25-10-5-12-29(2)22(34)19(25)20-23(35)31(14-7-15-33)21-24(36)30(13-6-11-26(20,21)37-25)16-32-18-9-4-3-8-17(18)27-28-32/h3-6,8-11,19-21,33H,7,12-16H2,1-2H3/t19-,20+,21?,25+,26+/m1/s1. The van der Waals surface area contributed by atoms with Crippen molar-refractivity contribution >= 4 is 28.8 Å². The van der Waals surface area contributed by atoms with Gasteiger partial charge in [-0.15, -0.1) is 5.10 Å². The van der Waals surface area contributed by atoms with Crippen molar-refractivity contribution in [3.05, 3.63) is 48.6 Å². The number of likely N-dealkylation sites (N-methyl/N-ethyl adjacent to an activating group) is 1. The molecule has 11 nitrogen and oxygen atoms in total. The second-order valence-electron chi connectivity index (χ2n) is 10.4. The van der Waals surface area contributed by atoms with Gasteiger partial charge in [0.05, 0.1) is 23.0 Å². The minimum Gasteiger partial charge on any atom is -0.396 e. The van der Waals surface area contributed by atoms with E-state index in [-0.39, 0.29) is 44.1 Å². The molecule has 2 saturated heterocycles. The van der Waals surface area contributed by atoms with Crippen LogP contribution in [-0.4, -0.2) is 103 Å². The van der Waals surface area contributed by atoms with Crippen LogP contribution in [0.4, 0.5) is 0 Å². The number of amides is 3. The van der Waals surface area contributed by atoms with Gasteiger partial charge in [-0.25, -0.2) is 4.68 Å². The van der Waals surface area contributed by atoms with E-state index in [2.05, 4.69) is 10.3 Å². The van der Waals surface area contributed by atoms with Gasteiger partial charge in [-0.3, -0.25) is 14.4 Å². The Balaban J connectivity index is 1.42. The first-order chi connectivity index (χ1) is 17.8. The number of para-hydroxylation sites is 1. The monoisotopic (exact) mass is 506 g/mol. The van der Waals surface area contributed by atoms with E-state index in [1.54, 1.807) is 21.5 Å². The molecule has 1 N–H and O–H groups in total. The molecule has 4 aliphatic heterocycles. The first-order valence-electron chi connectivity index (χ1n) is 12.6. The molecular formula is C26H30N6O5. The zero-order valence-corrected chi connectivity index (χ0v) is 20.9. The molecule has 2 fully saturated rings. The van der Waals surface area contributed by atoms with Crippen molar-refractivity contribution in [1.29, 1.82) is 0 Å². The average Bonchev–Trinajstić information content (AvgIpc) is 3.41. The number of aliphatic hydroxyl groups is 1. The minimum atomic E-state index is -1.31. The molecule has 0 bridgehead atoms. The Morgan fingerprint density at radius 2 is 1.84 bits per heavy atom. The Kier molecular flexibility index (Phi) is 5.46. The highest BCUT2D eigenvalue weighted by atomic mass is 16.5. The number of carbonyl (C=O) groups is 3. The molecule has 4 aliphatic rings. The van der Waals surface area contributed by atoms with Gasteiger partial charge in [-0.1, -0.05) is 41.7 Å². The number of ether oxygens (including phenoxy) is 1. The van der Waals surface area contributed by atoms with Gasteiger partial charge in [0, 0.05) is 33.3 Å². The summed E-state index contributed by atoms with van der Waals surface area (Å²) >= 11 is 0. The van der Waals surface area contributed by atoms with Crippen LogP contribution >= 0.6 is 0 Å². The molecule has 6 rings (SSSR count). The van der Waals surface area contributed by atoms with Gasteiger partial charge in [0.1, 0.15) is 23.8 Å². The van der Waals surface area contributed by atoms with Crippen molar-refractivity contribution in [1.82, 2.24) is 29.7 Å². The maximum absolute atomic E-state index is 14.2. The summed E-state index contributed by atoms with van der Waals surface area (Å²) in [6.45, 7) is 2.74. The van der Waals surface area contributed by atoms with E-state index >= 15 is 0 Å². The predicted octanol–water partition coefficient (Wildman–Crippen LogP) is 0.169. The number of hydrogen-bond donors (Lipinski definition) is 1. The van der Waals surface area contributed by atoms with Crippen LogP contribution in [0.1, 0.15) is 13.3 Å². The first-order valence-corrected chi connectivity index (χ1v) is 12.6. The smallest absolute Gasteiger partial charge is 0.250 e. The van der Waals surface area contributed by atoms with Crippen molar-refractivity contribution in [2.24, 2.45) is 11.8 Å². The van der Waals surface area contributed by atoms with Crippen molar-refractivity contribution in [2.45, 2.75) is 37.3 Å². The number of nitrogens with zero attached hydrogens (tertiary/aromatic N) is 6. The van der Waals surface area contributed by atoms with Crippen molar-refractivity contribution in [3.63, 3.8) is 0 Å². The first kappa shape index (κ1) is 23.8. The third-order valence-electron chi connectivity index (χ3n) is 8.12. The van der Waals surface area contributed by atoms with Gasteiger partial charge in [-0.05, 0) is 25.5 Å².